The topological polar surface area (TPSA) is 137 Å². The monoisotopic (exact) mass is 606 g/mol. The van der Waals surface area contributed by atoms with E-state index in [0.717, 1.165) is 36.4 Å². The lowest BCUT2D eigenvalue weighted by molar-refractivity contribution is -0.173. The molecule has 0 aromatic carbocycles. The minimum Gasteiger partial charge on any atom is -0.445 e. The molecule has 42 heavy (non-hydrogen) atoms. The van der Waals surface area contributed by atoms with E-state index < -0.39 is 18.4 Å². The number of urea groups is 1. The Bertz CT molecular complexity index is 1090. The van der Waals surface area contributed by atoms with E-state index in [4.69, 9.17) is 23.9 Å². The van der Waals surface area contributed by atoms with Crippen molar-refractivity contribution < 1.29 is 38.1 Å². The smallest absolute Gasteiger partial charge is 0.445 e. The molecule has 232 valence electrons. The molecular formula is C29H42N4O8S. The number of esters is 1. The zero-order valence-corrected chi connectivity index (χ0v) is 25.3. The first-order valence-electron chi connectivity index (χ1n) is 14.9. The Hall–Kier alpha value is -3.35. The maximum Gasteiger partial charge on any atom is 0.511 e. The summed E-state index contributed by atoms with van der Waals surface area (Å²) in [4.78, 5) is 58.8. The van der Waals surface area contributed by atoms with Crippen LogP contribution in [0, 0.1) is 5.92 Å². The Morgan fingerprint density at radius 1 is 1.00 bits per heavy atom. The number of aromatic nitrogens is 1. The lowest BCUT2D eigenvalue weighted by atomic mass is 9.86. The first kappa shape index (κ1) is 31.6. The third-order valence-corrected chi connectivity index (χ3v) is 9.25. The number of hydrogen-bond donors (Lipinski definition) is 1. The number of thiazole rings is 1. The number of likely N-dealkylation sites (tertiary alicyclic amines) is 1. The summed E-state index contributed by atoms with van der Waals surface area (Å²) in [5, 5.41) is 4.28. The fourth-order valence-electron chi connectivity index (χ4n) is 5.60. The van der Waals surface area contributed by atoms with Gasteiger partial charge in [-0.1, -0.05) is 12.7 Å². The molecule has 4 rings (SSSR count). The number of fused-ring (bicyclic) bond motifs is 1. The van der Waals surface area contributed by atoms with Crippen molar-refractivity contribution in [1.82, 2.24) is 20.1 Å². The molecule has 1 atom stereocenters. The molecule has 0 spiro atoms. The summed E-state index contributed by atoms with van der Waals surface area (Å²) < 4.78 is 20.0. The molecular weight excluding hydrogens is 564 g/mol. The van der Waals surface area contributed by atoms with E-state index in [1.165, 1.54) is 11.8 Å². The van der Waals surface area contributed by atoms with Gasteiger partial charge in [-0.05, 0) is 45.4 Å². The lowest BCUT2D eigenvalue weighted by Gasteiger charge is -2.34. The van der Waals surface area contributed by atoms with E-state index in [9.17, 15) is 19.2 Å². The molecule has 1 aliphatic carbocycles. The van der Waals surface area contributed by atoms with Gasteiger partial charge >= 0.3 is 24.2 Å². The number of ether oxygens (including phenoxy) is 4. The quantitative estimate of drug-likeness (QED) is 0.198. The third-order valence-electron chi connectivity index (χ3n) is 7.93. The van der Waals surface area contributed by atoms with Crippen molar-refractivity contribution in [2.75, 3.05) is 39.4 Å². The number of nitrogens with one attached hydrogen (secondary N) is 1. The Balaban J connectivity index is 1.16. The predicted octanol–water partition coefficient (Wildman–Crippen LogP) is 4.38. The third kappa shape index (κ3) is 8.59. The molecule has 0 bridgehead atoms. The second-order valence-corrected chi connectivity index (χ2v) is 12.0. The Morgan fingerprint density at radius 3 is 2.40 bits per heavy atom. The number of piperidine rings is 1. The van der Waals surface area contributed by atoms with Gasteiger partial charge in [0.15, 0.2) is 0 Å². The van der Waals surface area contributed by atoms with Crippen LogP contribution >= 0.6 is 11.3 Å². The van der Waals surface area contributed by atoms with E-state index >= 15 is 0 Å². The van der Waals surface area contributed by atoms with Crippen LogP contribution in [-0.2, 0) is 36.6 Å². The molecule has 2 fully saturated rings. The molecule has 1 aromatic heterocycles. The van der Waals surface area contributed by atoms with Gasteiger partial charge in [0.25, 0.3) is 0 Å². The number of rotatable bonds is 8. The Labute approximate surface area is 250 Å². The van der Waals surface area contributed by atoms with E-state index in [-0.39, 0.29) is 37.3 Å². The van der Waals surface area contributed by atoms with E-state index in [2.05, 4.69) is 11.9 Å². The van der Waals surface area contributed by atoms with Gasteiger partial charge in [0.05, 0.1) is 23.2 Å². The minimum atomic E-state index is -1.01. The summed E-state index contributed by atoms with van der Waals surface area (Å²) in [6.45, 7) is 9.67. The fourth-order valence-corrected chi connectivity index (χ4v) is 6.87. The van der Waals surface area contributed by atoms with Gasteiger partial charge in [-0.3, -0.25) is 4.79 Å². The summed E-state index contributed by atoms with van der Waals surface area (Å²) in [7, 11) is 0. The van der Waals surface area contributed by atoms with Crippen molar-refractivity contribution in [2.45, 2.75) is 83.5 Å². The molecule has 2 aliphatic heterocycles. The van der Waals surface area contributed by atoms with Gasteiger partial charge in [0.2, 0.25) is 6.29 Å². The van der Waals surface area contributed by atoms with Crippen LogP contribution in [0.3, 0.4) is 0 Å². The van der Waals surface area contributed by atoms with Gasteiger partial charge in [-0.15, -0.1) is 11.3 Å². The van der Waals surface area contributed by atoms with Gasteiger partial charge in [0.1, 0.15) is 6.61 Å². The first-order valence-corrected chi connectivity index (χ1v) is 15.7. The van der Waals surface area contributed by atoms with Crippen molar-refractivity contribution in [3.63, 3.8) is 0 Å². The van der Waals surface area contributed by atoms with Crippen LogP contribution in [0.15, 0.2) is 12.7 Å². The largest absolute Gasteiger partial charge is 0.511 e. The second kappa shape index (κ2) is 15.2. The highest BCUT2D eigenvalue weighted by Crippen LogP contribution is 2.34. The van der Waals surface area contributed by atoms with E-state index in [1.54, 1.807) is 29.2 Å². The standard InChI is InChI=1S/C29H42N4O8S/c1-4-18-39-28(36)33-16-12-23-24(13-17-33)42-25(31-23)20-10-14-32(15-11-20)27(35)30-22-8-6-21(7-9-22)26(34)40-19(3)41-29(37)38-5-2/h4,19-22H,1,5-18H2,2-3H3,(H,30,35)/t19?,21-,22-. The number of amides is 3. The molecule has 3 amide bonds. The molecule has 1 N–H and O–H groups in total. The van der Waals surface area contributed by atoms with Gasteiger partial charge < -0.3 is 34.1 Å². The molecule has 1 saturated carbocycles. The van der Waals surface area contributed by atoms with E-state index in [1.807, 2.05) is 4.90 Å². The van der Waals surface area contributed by atoms with E-state index in [0.29, 0.717) is 57.8 Å². The van der Waals surface area contributed by atoms with Crippen LogP contribution in [0.5, 0.6) is 0 Å². The fraction of sp³-hybridized carbons (Fsp3) is 0.690. The predicted molar refractivity (Wildman–Crippen MR) is 154 cm³/mol. The molecule has 1 aromatic rings. The van der Waals surface area contributed by atoms with Crippen LogP contribution in [0.2, 0.25) is 0 Å². The molecule has 1 unspecified atom stereocenters. The van der Waals surface area contributed by atoms with Gasteiger partial charge in [0, 0.05) is 62.8 Å². The highest BCUT2D eigenvalue weighted by atomic mass is 32.1. The average Bonchev–Trinajstić information content (AvgIpc) is 3.28. The summed E-state index contributed by atoms with van der Waals surface area (Å²) in [6.07, 6.45) is 5.17. The van der Waals surface area contributed by atoms with Gasteiger partial charge in [-0.2, -0.15) is 0 Å². The van der Waals surface area contributed by atoms with Crippen molar-refractivity contribution in [2.24, 2.45) is 5.92 Å². The maximum atomic E-state index is 13.0. The molecule has 3 aliphatic rings. The average molecular weight is 607 g/mol. The van der Waals surface area contributed by atoms with Crippen LogP contribution in [0.25, 0.3) is 0 Å². The molecule has 1 saturated heterocycles. The molecule has 12 nitrogen and oxygen atoms in total. The van der Waals surface area contributed by atoms with Crippen LogP contribution < -0.4 is 5.32 Å². The number of carbonyl (C=O) groups excluding carboxylic acids is 4. The Morgan fingerprint density at radius 2 is 1.71 bits per heavy atom. The SMILES string of the molecule is C=CCOC(=O)N1CCc2nc(C3CCN(C(=O)N[C@H]4CC[C@H](C(=O)OC(C)OC(=O)OCC)CC4)CC3)sc2CC1. The first-order chi connectivity index (χ1) is 20.3. The maximum absolute atomic E-state index is 13.0. The zero-order valence-electron chi connectivity index (χ0n) is 24.5. The summed E-state index contributed by atoms with van der Waals surface area (Å²) in [5.74, 6) is -0.359. The number of nitrogens with zero attached hydrogens (tertiary/aromatic N) is 3. The highest BCUT2D eigenvalue weighted by molar-refractivity contribution is 7.11. The van der Waals surface area contributed by atoms with Crippen molar-refractivity contribution in [1.29, 1.82) is 0 Å². The van der Waals surface area contributed by atoms with Crippen molar-refractivity contribution in [3.05, 3.63) is 28.2 Å². The minimum absolute atomic E-state index is 0.00993. The van der Waals surface area contributed by atoms with Crippen LogP contribution in [0.4, 0.5) is 14.4 Å². The summed E-state index contributed by atoms with van der Waals surface area (Å²) in [5.41, 5.74) is 1.08. The molecule has 13 heteroatoms. The normalized spacial score (nSPS) is 21.8. The number of carbonyl (C=O) groups is 4. The van der Waals surface area contributed by atoms with Crippen molar-refractivity contribution in [3.8, 4) is 0 Å². The summed E-state index contributed by atoms with van der Waals surface area (Å²) >= 11 is 1.74. The highest BCUT2D eigenvalue weighted by Gasteiger charge is 2.32. The summed E-state index contributed by atoms with van der Waals surface area (Å²) in [6, 6.07) is -0.0509. The molecule has 0 radical (unpaired) electrons. The van der Waals surface area contributed by atoms with Gasteiger partial charge in [-0.25, -0.2) is 19.4 Å². The van der Waals surface area contributed by atoms with Crippen molar-refractivity contribution >= 4 is 35.6 Å². The second-order valence-electron chi connectivity index (χ2n) is 10.8. The zero-order chi connectivity index (χ0) is 30.1. The number of hydrogen-bond acceptors (Lipinski definition) is 10. The molecule has 3 heterocycles. The Kier molecular flexibility index (Phi) is 11.4. The van der Waals surface area contributed by atoms with Crippen LogP contribution in [-0.4, -0.2) is 90.8 Å². The van der Waals surface area contributed by atoms with Crippen LogP contribution in [0.1, 0.15) is 73.9 Å². The lowest BCUT2D eigenvalue weighted by Crippen LogP contribution is -2.48.